The predicted octanol–water partition coefficient (Wildman–Crippen LogP) is 13.9. The van der Waals surface area contributed by atoms with Crippen LogP contribution in [0.3, 0.4) is 0 Å². The van der Waals surface area contributed by atoms with Crippen molar-refractivity contribution in [1.82, 2.24) is 5.32 Å². The van der Waals surface area contributed by atoms with Crippen molar-refractivity contribution in [3.8, 4) is 0 Å². The van der Waals surface area contributed by atoms with Crippen molar-refractivity contribution in [2.24, 2.45) is 0 Å². The zero-order valence-corrected chi connectivity index (χ0v) is 47.4. The Kier molecular flexibility index (Phi) is 47.6. The molecule has 1 aliphatic rings. The standard InChI is InChI=1S/C64H109NO10/c1-4-7-10-13-16-19-22-25-27-28-29-31-33-36-39-42-45-48-51-57(68)63(72)65-55(56(67)50-47-44-41-38-35-32-24-21-18-15-12-9-6-3)54-73-64-62(61(71)60(70)58(53-66)74-64)75-59(69)52-49-46-43-40-37-34-30-26-23-20-17-14-11-8-5-2/h7,10,16,19-20,23,25,27,29,31,36,39,45,47-48,50,55-58,60-62,64,66-68,70-71H,4-6,8-9,11-15,17-18,21-22,24,26,28,30,32-35,37-38,40-44,46,49,51-54H2,1-3H3,(H,65,72)/b10-7-,19-16-,23-20-,27-25-,31-29-,39-36-,48-45-,50-47+. The summed E-state index contributed by atoms with van der Waals surface area (Å²) in [5, 5.41) is 56.8. The number of carbonyl (C=O) groups is 2. The van der Waals surface area contributed by atoms with Gasteiger partial charge in [-0.2, -0.15) is 0 Å². The van der Waals surface area contributed by atoms with Crippen molar-refractivity contribution >= 4 is 11.9 Å². The van der Waals surface area contributed by atoms with Crippen LogP contribution in [0.2, 0.25) is 0 Å². The zero-order valence-electron chi connectivity index (χ0n) is 47.4. The summed E-state index contributed by atoms with van der Waals surface area (Å²) in [6, 6.07) is -1.07. The zero-order chi connectivity index (χ0) is 54.7. The second-order valence-corrected chi connectivity index (χ2v) is 20.4. The lowest BCUT2D eigenvalue weighted by Crippen LogP contribution is -2.61. The molecule has 0 aliphatic carbocycles. The van der Waals surface area contributed by atoms with Gasteiger partial charge in [0, 0.05) is 12.8 Å². The first-order valence-corrected chi connectivity index (χ1v) is 30.0. The lowest BCUT2D eigenvalue weighted by molar-refractivity contribution is -0.305. The number of unbranched alkanes of at least 4 members (excludes halogenated alkanes) is 22. The lowest BCUT2D eigenvalue weighted by atomic mass is 9.99. The van der Waals surface area contributed by atoms with Gasteiger partial charge in [-0.05, 0) is 83.5 Å². The Morgan fingerprint density at radius 1 is 0.533 bits per heavy atom. The molecule has 430 valence electrons. The number of hydrogen-bond donors (Lipinski definition) is 6. The van der Waals surface area contributed by atoms with Crippen LogP contribution < -0.4 is 5.32 Å². The van der Waals surface area contributed by atoms with Gasteiger partial charge in [-0.3, -0.25) is 9.59 Å². The number of esters is 1. The number of allylic oxidation sites excluding steroid dienone is 14. The monoisotopic (exact) mass is 1050 g/mol. The lowest BCUT2D eigenvalue weighted by Gasteiger charge is -2.41. The molecular weight excluding hydrogens is 943 g/mol. The summed E-state index contributed by atoms with van der Waals surface area (Å²) in [5.74, 6) is -1.29. The molecule has 8 atom stereocenters. The van der Waals surface area contributed by atoms with Crippen molar-refractivity contribution in [2.45, 2.75) is 282 Å². The van der Waals surface area contributed by atoms with E-state index < -0.39 is 67.4 Å². The highest BCUT2D eigenvalue weighted by Crippen LogP contribution is 2.26. The van der Waals surface area contributed by atoms with Crippen LogP contribution in [-0.2, 0) is 23.8 Å². The van der Waals surface area contributed by atoms with E-state index in [0.29, 0.717) is 12.8 Å². The van der Waals surface area contributed by atoms with Gasteiger partial charge in [0.15, 0.2) is 12.4 Å². The normalized spacial score (nSPS) is 19.9. The summed E-state index contributed by atoms with van der Waals surface area (Å²) in [5.41, 5.74) is 0. The summed E-state index contributed by atoms with van der Waals surface area (Å²) in [4.78, 5) is 26.5. The molecule has 1 heterocycles. The van der Waals surface area contributed by atoms with Crippen molar-refractivity contribution in [2.75, 3.05) is 13.2 Å². The number of rotatable bonds is 49. The molecule has 1 aliphatic heterocycles. The summed E-state index contributed by atoms with van der Waals surface area (Å²) in [6.45, 7) is 5.60. The quantitative estimate of drug-likeness (QED) is 0.0195. The molecule has 6 N–H and O–H groups in total. The first kappa shape index (κ1) is 69.6. The Hall–Kier alpha value is -3.42. The molecule has 1 saturated heterocycles. The molecule has 0 aromatic carbocycles. The van der Waals surface area contributed by atoms with Crippen LogP contribution in [0.5, 0.6) is 0 Å². The third-order valence-corrected chi connectivity index (χ3v) is 13.5. The first-order chi connectivity index (χ1) is 36.7. The third-order valence-electron chi connectivity index (χ3n) is 13.5. The molecule has 8 unspecified atom stereocenters. The number of amides is 1. The predicted molar refractivity (Wildman–Crippen MR) is 310 cm³/mol. The van der Waals surface area contributed by atoms with Crippen molar-refractivity contribution in [3.63, 3.8) is 0 Å². The molecule has 1 rings (SSSR count). The number of aliphatic hydroxyl groups is 5. The Bertz CT molecular complexity index is 1580. The van der Waals surface area contributed by atoms with E-state index in [1.54, 1.807) is 12.2 Å². The van der Waals surface area contributed by atoms with E-state index in [1.807, 2.05) is 18.2 Å². The number of ether oxygens (including phenoxy) is 3. The van der Waals surface area contributed by atoms with Gasteiger partial charge in [0.25, 0.3) is 0 Å². The van der Waals surface area contributed by atoms with Crippen LogP contribution in [0.1, 0.15) is 233 Å². The van der Waals surface area contributed by atoms with Crippen LogP contribution in [0.4, 0.5) is 0 Å². The smallest absolute Gasteiger partial charge is 0.306 e. The number of carbonyl (C=O) groups excluding carboxylic acids is 2. The van der Waals surface area contributed by atoms with Gasteiger partial charge in [-0.15, -0.1) is 0 Å². The van der Waals surface area contributed by atoms with Gasteiger partial charge in [-0.1, -0.05) is 234 Å². The SMILES string of the molecule is CC/C=C\C/C=C\C/C=C\C/C=C\C/C=C\C/C=C\CC(O)C(=O)NC(COC1OC(CO)C(O)C(O)C1OC(=O)CCCCCCCCC/C=C\CCCCCC)C(O)/C=C/CCCCCCCCCCCCC. The van der Waals surface area contributed by atoms with Crippen LogP contribution >= 0.6 is 0 Å². The fourth-order valence-electron chi connectivity index (χ4n) is 8.72. The fraction of sp³-hybridized carbons (Fsp3) is 0.719. The van der Waals surface area contributed by atoms with Gasteiger partial charge < -0.3 is 45.1 Å². The third kappa shape index (κ3) is 39.6. The molecule has 0 saturated carbocycles. The fourth-order valence-corrected chi connectivity index (χ4v) is 8.72. The van der Waals surface area contributed by atoms with E-state index >= 15 is 0 Å². The van der Waals surface area contributed by atoms with Crippen molar-refractivity contribution < 1.29 is 49.3 Å². The number of aliphatic hydroxyl groups excluding tert-OH is 5. The van der Waals surface area contributed by atoms with E-state index in [-0.39, 0.29) is 19.4 Å². The second-order valence-electron chi connectivity index (χ2n) is 20.4. The largest absolute Gasteiger partial charge is 0.454 e. The van der Waals surface area contributed by atoms with E-state index in [1.165, 1.54) is 96.3 Å². The summed E-state index contributed by atoms with van der Waals surface area (Å²) in [6.07, 6.45) is 57.5. The van der Waals surface area contributed by atoms with E-state index in [2.05, 4.69) is 92.9 Å². The maximum absolute atomic E-state index is 13.4. The van der Waals surface area contributed by atoms with Gasteiger partial charge in [0.1, 0.15) is 24.4 Å². The number of nitrogens with one attached hydrogen (secondary N) is 1. The molecule has 1 fully saturated rings. The topological polar surface area (TPSA) is 175 Å². The average molecular weight is 1050 g/mol. The Morgan fingerprint density at radius 2 is 0.960 bits per heavy atom. The molecule has 0 spiro atoms. The Labute approximate surface area is 456 Å². The van der Waals surface area contributed by atoms with Crippen LogP contribution in [0.25, 0.3) is 0 Å². The van der Waals surface area contributed by atoms with Gasteiger partial charge in [0.05, 0.1) is 25.4 Å². The first-order valence-electron chi connectivity index (χ1n) is 30.0. The Balaban J connectivity index is 2.78. The highest BCUT2D eigenvalue weighted by Gasteiger charge is 2.47. The van der Waals surface area contributed by atoms with E-state index in [4.69, 9.17) is 14.2 Å². The highest BCUT2D eigenvalue weighted by atomic mass is 16.7. The molecule has 1 amide bonds. The molecule has 0 aromatic heterocycles. The minimum Gasteiger partial charge on any atom is -0.454 e. The second kappa shape index (κ2) is 51.3. The van der Waals surface area contributed by atoms with Gasteiger partial charge >= 0.3 is 5.97 Å². The number of hydrogen-bond acceptors (Lipinski definition) is 10. The van der Waals surface area contributed by atoms with Crippen LogP contribution in [0, 0.1) is 0 Å². The molecular formula is C64H109NO10. The maximum Gasteiger partial charge on any atom is 0.306 e. The molecule has 11 heteroatoms. The average Bonchev–Trinajstić information content (AvgIpc) is 3.41. The highest BCUT2D eigenvalue weighted by molar-refractivity contribution is 5.81. The van der Waals surface area contributed by atoms with Crippen molar-refractivity contribution in [3.05, 3.63) is 97.2 Å². The van der Waals surface area contributed by atoms with Gasteiger partial charge in [0.2, 0.25) is 5.91 Å². The molecule has 75 heavy (non-hydrogen) atoms. The summed E-state index contributed by atoms with van der Waals surface area (Å²) >= 11 is 0. The minimum atomic E-state index is -1.63. The van der Waals surface area contributed by atoms with Gasteiger partial charge in [-0.25, -0.2) is 0 Å². The van der Waals surface area contributed by atoms with E-state index in [9.17, 15) is 35.1 Å². The molecule has 0 radical (unpaired) electrons. The van der Waals surface area contributed by atoms with Crippen LogP contribution in [-0.4, -0.2) is 99.6 Å². The molecule has 0 bridgehead atoms. The summed E-state index contributed by atoms with van der Waals surface area (Å²) in [7, 11) is 0. The summed E-state index contributed by atoms with van der Waals surface area (Å²) < 4.78 is 17.6. The van der Waals surface area contributed by atoms with Crippen LogP contribution in [0.15, 0.2) is 97.2 Å². The maximum atomic E-state index is 13.4. The minimum absolute atomic E-state index is 0.0537. The Morgan fingerprint density at radius 3 is 1.44 bits per heavy atom. The molecule has 11 nitrogen and oxygen atoms in total. The molecule has 0 aromatic rings. The van der Waals surface area contributed by atoms with Crippen molar-refractivity contribution in [1.29, 1.82) is 0 Å². The van der Waals surface area contributed by atoms with E-state index in [0.717, 1.165) is 89.9 Å².